The molecule has 9 heteroatoms. The monoisotopic (exact) mass is 282 g/mol. The van der Waals surface area contributed by atoms with Crippen LogP contribution >= 0.6 is 11.3 Å². The van der Waals surface area contributed by atoms with Crippen molar-refractivity contribution in [3.05, 3.63) is 17.2 Å². The Hall–Kier alpha value is -2.03. The Labute approximate surface area is 113 Å². The van der Waals surface area contributed by atoms with Crippen LogP contribution in [0, 0.1) is 0 Å². The van der Waals surface area contributed by atoms with E-state index < -0.39 is 0 Å². The van der Waals surface area contributed by atoms with E-state index in [0.717, 1.165) is 13.0 Å². The van der Waals surface area contributed by atoms with Gasteiger partial charge in [-0.05, 0) is 6.42 Å². The molecule has 2 aromatic rings. The number of nitrogens with zero attached hydrogens (tertiary/aromatic N) is 4. The quantitative estimate of drug-likeness (QED) is 0.770. The highest BCUT2D eigenvalue weighted by Gasteiger charge is 2.12. The van der Waals surface area contributed by atoms with Crippen LogP contribution in [0.3, 0.4) is 0 Å². The molecule has 0 atom stereocenters. The smallest absolute Gasteiger partial charge is 0.282 e. The van der Waals surface area contributed by atoms with Gasteiger partial charge in [0.15, 0.2) is 5.82 Å². The molecular weight excluding hydrogens is 268 g/mol. The lowest BCUT2D eigenvalue weighted by atomic mass is 10.4. The average Bonchev–Trinajstić information content (AvgIpc) is 3.07. The normalized spacial score (nSPS) is 10.4. The van der Waals surface area contributed by atoms with Gasteiger partial charge < -0.3 is 15.2 Å². The molecule has 102 valence electrons. The van der Waals surface area contributed by atoms with E-state index in [2.05, 4.69) is 42.4 Å². The molecule has 2 aromatic heterocycles. The fourth-order valence-electron chi connectivity index (χ4n) is 1.28. The standard InChI is InChI=1S/C10H14N6O2S/c1-2-4-12-10-15-14-9(19-10)8(17)11-5-3-7-13-6-18-16-7/h6H,2-5H2,1H3,(H,11,17)(H,12,15). The highest BCUT2D eigenvalue weighted by Crippen LogP contribution is 2.14. The molecule has 0 saturated heterocycles. The van der Waals surface area contributed by atoms with E-state index >= 15 is 0 Å². The zero-order valence-electron chi connectivity index (χ0n) is 10.4. The predicted octanol–water partition coefficient (Wildman–Crippen LogP) is 0.715. The van der Waals surface area contributed by atoms with Gasteiger partial charge in [-0.2, -0.15) is 4.98 Å². The maximum absolute atomic E-state index is 11.8. The molecule has 8 nitrogen and oxygen atoms in total. The van der Waals surface area contributed by atoms with Crippen LogP contribution in [0.5, 0.6) is 0 Å². The fourth-order valence-corrected chi connectivity index (χ4v) is 1.97. The second-order valence-electron chi connectivity index (χ2n) is 3.69. The van der Waals surface area contributed by atoms with Crippen LogP contribution in [0.4, 0.5) is 5.13 Å². The molecule has 2 heterocycles. The molecule has 0 aliphatic heterocycles. The van der Waals surface area contributed by atoms with Crippen molar-refractivity contribution in [1.82, 2.24) is 25.7 Å². The van der Waals surface area contributed by atoms with Crippen molar-refractivity contribution < 1.29 is 9.32 Å². The summed E-state index contributed by atoms with van der Waals surface area (Å²) >= 11 is 1.23. The minimum atomic E-state index is -0.245. The Bertz CT molecular complexity index is 512. The first-order valence-corrected chi connectivity index (χ1v) is 6.72. The number of hydrogen-bond donors (Lipinski definition) is 2. The van der Waals surface area contributed by atoms with Crippen LogP contribution in [0.1, 0.15) is 29.0 Å². The zero-order valence-corrected chi connectivity index (χ0v) is 11.2. The fraction of sp³-hybridized carbons (Fsp3) is 0.500. The maximum atomic E-state index is 11.8. The number of carbonyl (C=O) groups excluding carboxylic acids is 1. The molecule has 0 aliphatic carbocycles. The summed E-state index contributed by atoms with van der Waals surface area (Å²) in [5.41, 5.74) is 0. The van der Waals surface area contributed by atoms with Gasteiger partial charge in [0.25, 0.3) is 5.91 Å². The third-order valence-electron chi connectivity index (χ3n) is 2.19. The molecule has 2 N–H and O–H groups in total. The lowest BCUT2D eigenvalue weighted by Crippen LogP contribution is -2.25. The minimum absolute atomic E-state index is 0.245. The van der Waals surface area contributed by atoms with E-state index in [0.29, 0.717) is 28.9 Å². The Morgan fingerprint density at radius 3 is 3.05 bits per heavy atom. The molecule has 1 amide bonds. The number of rotatable bonds is 7. The molecule has 0 bridgehead atoms. The first-order chi connectivity index (χ1) is 9.29. The van der Waals surface area contributed by atoms with Crippen molar-refractivity contribution in [3.63, 3.8) is 0 Å². The summed E-state index contributed by atoms with van der Waals surface area (Å²) in [6.07, 6.45) is 2.77. The topological polar surface area (TPSA) is 106 Å². The van der Waals surface area contributed by atoms with Crippen LogP contribution < -0.4 is 10.6 Å². The van der Waals surface area contributed by atoms with Crippen molar-refractivity contribution in [2.45, 2.75) is 19.8 Å². The summed E-state index contributed by atoms with van der Waals surface area (Å²) in [5, 5.41) is 18.2. The zero-order chi connectivity index (χ0) is 13.5. The number of anilines is 1. The van der Waals surface area contributed by atoms with Gasteiger partial charge in [0.1, 0.15) is 0 Å². The SMILES string of the molecule is CCCNc1nnc(C(=O)NCCc2ncon2)s1. The number of hydrogen-bond acceptors (Lipinski definition) is 8. The lowest BCUT2D eigenvalue weighted by molar-refractivity contribution is 0.0953. The number of carbonyl (C=O) groups is 1. The molecule has 0 fully saturated rings. The van der Waals surface area contributed by atoms with E-state index in [4.69, 9.17) is 0 Å². The highest BCUT2D eigenvalue weighted by atomic mass is 32.1. The molecule has 0 aliphatic rings. The molecule has 0 unspecified atom stereocenters. The summed E-state index contributed by atoms with van der Waals surface area (Å²) in [5.74, 6) is 0.313. The number of aromatic nitrogens is 4. The van der Waals surface area contributed by atoms with Crippen molar-refractivity contribution in [2.75, 3.05) is 18.4 Å². The Balaban J connectivity index is 1.77. The summed E-state index contributed by atoms with van der Waals surface area (Å²) in [6.45, 7) is 3.29. The van der Waals surface area contributed by atoms with E-state index in [1.54, 1.807) is 0 Å². The summed E-state index contributed by atoms with van der Waals surface area (Å²) in [6, 6.07) is 0. The van der Waals surface area contributed by atoms with Gasteiger partial charge in [0.05, 0.1) is 0 Å². The van der Waals surface area contributed by atoms with Gasteiger partial charge in [-0.1, -0.05) is 23.4 Å². The summed E-state index contributed by atoms with van der Waals surface area (Å²) < 4.78 is 4.60. The Morgan fingerprint density at radius 2 is 2.32 bits per heavy atom. The van der Waals surface area contributed by atoms with Crippen LogP contribution in [0.2, 0.25) is 0 Å². The summed E-state index contributed by atoms with van der Waals surface area (Å²) in [4.78, 5) is 15.6. The van der Waals surface area contributed by atoms with Crippen LogP contribution in [0.25, 0.3) is 0 Å². The van der Waals surface area contributed by atoms with Gasteiger partial charge in [-0.3, -0.25) is 4.79 Å². The largest absolute Gasteiger partial charge is 0.360 e. The molecule has 2 rings (SSSR count). The van der Waals surface area contributed by atoms with E-state index in [1.165, 1.54) is 17.7 Å². The predicted molar refractivity (Wildman–Crippen MR) is 69.0 cm³/mol. The molecular formula is C10H14N6O2S. The molecule has 0 spiro atoms. The van der Waals surface area contributed by atoms with Gasteiger partial charge in [0, 0.05) is 19.5 Å². The van der Waals surface area contributed by atoms with Gasteiger partial charge in [-0.25, -0.2) is 0 Å². The van der Waals surface area contributed by atoms with Crippen LogP contribution in [0.15, 0.2) is 10.9 Å². The van der Waals surface area contributed by atoms with Crippen LogP contribution in [-0.4, -0.2) is 39.3 Å². The lowest BCUT2D eigenvalue weighted by Gasteiger charge is -1.99. The molecule has 0 radical (unpaired) electrons. The minimum Gasteiger partial charge on any atom is -0.360 e. The molecule has 0 saturated carbocycles. The third-order valence-corrected chi connectivity index (χ3v) is 3.07. The van der Waals surface area contributed by atoms with E-state index in [-0.39, 0.29) is 5.91 Å². The average molecular weight is 282 g/mol. The summed E-state index contributed by atoms with van der Waals surface area (Å²) in [7, 11) is 0. The van der Waals surface area contributed by atoms with Gasteiger partial charge >= 0.3 is 0 Å². The molecule has 0 aromatic carbocycles. The van der Waals surface area contributed by atoms with Crippen molar-refractivity contribution in [2.24, 2.45) is 0 Å². The Morgan fingerprint density at radius 1 is 1.42 bits per heavy atom. The van der Waals surface area contributed by atoms with Crippen molar-refractivity contribution >= 4 is 22.4 Å². The first-order valence-electron chi connectivity index (χ1n) is 5.90. The third kappa shape index (κ3) is 3.98. The first kappa shape index (κ1) is 13.4. The van der Waals surface area contributed by atoms with Crippen molar-refractivity contribution in [1.29, 1.82) is 0 Å². The van der Waals surface area contributed by atoms with Gasteiger partial charge in [0.2, 0.25) is 16.5 Å². The highest BCUT2D eigenvalue weighted by molar-refractivity contribution is 7.17. The van der Waals surface area contributed by atoms with Crippen LogP contribution in [-0.2, 0) is 6.42 Å². The van der Waals surface area contributed by atoms with E-state index in [1.807, 2.05) is 0 Å². The second-order valence-corrected chi connectivity index (χ2v) is 4.67. The van der Waals surface area contributed by atoms with E-state index in [9.17, 15) is 4.79 Å². The Kier molecular flexibility index (Phi) is 4.78. The number of nitrogens with one attached hydrogen (secondary N) is 2. The second kappa shape index (κ2) is 6.78. The maximum Gasteiger partial charge on any atom is 0.282 e. The molecule has 19 heavy (non-hydrogen) atoms. The van der Waals surface area contributed by atoms with Gasteiger partial charge in [-0.15, -0.1) is 10.2 Å². The number of amides is 1. The van der Waals surface area contributed by atoms with Crippen molar-refractivity contribution in [3.8, 4) is 0 Å².